The summed E-state index contributed by atoms with van der Waals surface area (Å²) in [7, 11) is 0. The molecule has 0 fully saturated rings. The number of carbonyl (C=O) groups excluding carboxylic acids is 2. The van der Waals surface area contributed by atoms with Gasteiger partial charge in [-0.3, -0.25) is 9.59 Å². The molecule has 2 heterocycles. The van der Waals surface area contributed by atoms with E-state index in [2.05, 4.69) is 5.32 Å². The van der Waals surface area contributed by atoms with Crippen LogP contribution < -0.4 is 10.2 Å². The monoisotopic (exact) mass is 396 g/mol. The van der Waals surface area contributed by atoms with Crippen molar-refractivity contribution in [1.82, 2.24) is 5.32 Å². The van der Waals surface area contributed by atoms with Crippen molar-refractivity contribution in [3.63, 3.8) is 0 Å². The lowest BCUT2D eigenvalue weighted by molar-refractivity contribution is -0.116. The number of thioether (sulfide) groups is 1. The van der Waals surface area contributed by atoms with Crippen molar-refractivity contribution in [2.24, 2.45) is 0 Å². The second kappa shape index (κ2) is 7.90. The van der Waals surface area contributed by atoms with Crippen LogP contribution in [-0.2, 0) is 17.9 Å². The third kappa shape index (κ3) is 3.80. The van der Waals surface area contributed by atoms with Crippen LogP contribution in [-0.4, -0.2) is 17.6 Å². The van der Waals surface area contributed by atoms with Crippen molar-refractivity contribution in [3.05, 3.63) is 83.6 Å². The van der Waals surface area contributed by atoms with Crippen LogP contribution in [0, 0.1) is 5.82 Å². The fourth-order valence-corrected chi connectivity index (χ4v) is 3.91. The summed E-state index contributed by atoms with van der Waals surface area (Å²) in [5.74, 6) is 0.188. The van der Waals surface area contributed by atoms with Crippen LogP contribution in [0.4, 0.5) is 10.1 Å². The quantitative estimate of drug-likeness (QED) is 0.708. The Morgan fingerprint density at radius 2 is 2.04 bits per heavy atom. The van der Waals surface area contributed by atoms with Crippen LogP contribution >= 0.6 is 11.8 Å². The highest BCUT2D eigenvalue weighted by Crippen LogP contribution is 2.37. The van der Waals surface area contributed by atoms with Crippen LogP contribution in [0.2, 0.25) is 0 Å². The summed E-state index contributed by atoms with van der Waals surface area (Å²) >= 11 is 1.42. The number of amides is 2. The normalized spacial score (nSPS) is 13.3. The molecule has 0 atom stereocenters. The smallest absolute Gasteiger partial charge is 0.251 e. The molecule has 1 aromatic heterocycles. The highest BCUT2D eigenvalue weighted by Gasteiger charge is 2.26. The maximum atomic E-state index is 14.1. The number of nitrogens with zero attached hydrogens (tertiary/aromatic N) is 1. The second-order valence-corrected chi connectivity index (χ2v) is 7.32. The number of hydrogen-bond acceptors (Lipinski definition) is 4. The van der Waals surface area contributed by atoms with Gasteiger partial charge >= 0.3 is 0 Å². The van der Waals surface area contributed by atoms with Gasteiger partial charge in [0, 0.05) is 16.0 Å². The first-order chi connectivity index (χ1) is 13.6. The van der Waals surface area contributed by atoms with Crippen LogP contribution in [0.5, 0.6) is 0 Å². The number of hydrogen-bond donors (Lipinski definition) is 1. The van der Waals surface area contributed by atoms with Crippen LogP contribution in [0.25, 0.3) is 0 Å². The summed E-state index contributed by atoms with van der Waals surface area (Å²) in [6, 6.07) is 15.1. The van der Waals surface area contributed by atoms with E-state index in [1.165, 1.54) is 22.7 Å². The number of nitrogens with one attached hydrogen (secondary N) is 1. The molecule has 0 unspecified atom stereocenters. The molecule has 0 bridgehead atoms. The number of benzene rings is 2. The molecule has 0 aliphatic carbocycles. The molecule has 0 spiro atoms. The van der Waals surface area contributed by atoms with Crippen molar-refractivity contribution < 1.29 is 18.4 Å². The Hall–Kier alpha value is -3.06. The number of anilines is 1. The van der Waals surface area contributed by atoms with E-state index in [1.807, 2.05) is 6.07 Å². The average Bonchev–Trinajstić information content (AvgIpc) is 3.23. The Morgan fingerprint density at radius 1 is 1.18 bits per heavy atom. The summed E-state index contributed by atoms with van der Waals surface area (Å²) in [6.45, 7) is 0.395. The molecule has 2 aromatic carbocycles. The molecule has 2 amide bonds. The van der Waals surface area contributed by atoms with Gasteiger partial charge in [-0.05, 0) is 36.4 Å². The molecule has 7 heteroatoms. The lowest BCUT2D eigenvalue weighted by atomic mass is 10.1. The van der Waals surface area contributed by atoms with Crippen LogP contribution in [0.1, 0.15) is 21.7 Å². The molecule has 3 aromatic rings. The fraction of sp³-hybridized carbons (Fsp3) is 0.143. The standard InChI is InChI=1S/C21H17FN2O3S/c22-17-6-2-1-4-15(17)12-24-18-10-14(7-8-19(18)28-13-20(24)25)21(26)23-11-16-5-3-9-27-16/h1-10H,11-13H2,(H,23,26). The Kier molecular flexibility index (Phi) is 5.16. The van der Waals surface area contributed by atoms with Gasteiger partial charge < -0.3 is 14.6 Å². The SMILES string of the molecule is O=C(NCc1ccco1)c1ccc2c(c1)N(Cc1ccccc1F)C(=O)CS2. The minimum atomic E-state index is -0.359. The first-order valence-electron chi connectivity index (χ1n) is 8.73. The molecular weight excluding hydrogens is 379 g/mol. The molecule has 0 radical (unpaired) electrons. The molecule has 1 aliphatic heterocycles. The van der Waals surface area contributed by atoms with Crippen molar-refractivity contribution >= 4 is 29.3 Å². The van der Waals surface area contributed by atoms with Gasteiger partial charge in [0.25, 0.3) is 5.91 Å². The van der Waals surface area contributed by atoms with Crippen molar-refractivity contribution in [3.8, 4) is 0 Å². The largest absolute Gasteiger partial charge is 0.467 e. The van der Waals surface area contributed by atoms with Gasteiger partial charge in [-0.2, -0.15) is 0 Å². The number of fused-ring (bicyclic) bond motifs is 1. The zero-order chi connectivity index (χ0) is 19.5. The van der Waals surface area contributed by atoms with E-state index < -0.39 is 0 Å². The zero-order valence-electron chi connectivity index (χ0n) is 14.9. The number of halogens is 1. The predicted octanol–water partition coefficient (Wildman–Crippen LogP) is 3.99. The molecule has 28 heavy (non-hydrogen) atoms. The first-order valence-corrected chi connectivity index (χ1v) is 9.71. The predicted molar refractivity (Wildman–Crippen MR) is 105 cm³/mol. The van der Waals surface area contributed by atoms with Crippen LogP contribution in [0.15, 0.2) is 70.2 Å². The molecule has 1 N–H and O–H groups in total. The molecular formula is C21H17FN2O3S. The third-order valence-electron chi connectivity index (χ3n) is 4.45. The Labute approximate surface area is 165 Å². The summed E-state index contributed by atoms with van der Waals surface area (Å²) in [6.07, 6.45) is 1.55. The van der Waals surface area contributed by atoms with E-state index in [9.17, 15) is 14.0 Å². The van der Waals surface area contributed by atoms with Gasteiger partial charge in [0.1, 0.15) is 11.6 Å². The van der Waals surface area contributed by atoms with E-state index in [1.54, 1.807) is 48.7 Å². The van der Waals surface area contributed by atoms with Crippen LogP contribution in [0.3, 0.4) is 0 Å². The van der Waals surface area contributed by atoms with Gasteiger partial charge in [0.15, 0.2) is 0 Å². The summed E-state index contributed by atoms with van der Waals surface area (Å²) < 4.78 is 19.3. The summed E-state index contributed by atoms with van der Waals surface area (Å²) in [5, 5.41) is 2.79. The van der Waals surface area contributed by atoms with E-state index in [0.29, 0.717) is 22.6 Å². The highest BCUT2D eigenvalue weighted by molar-refractivity contribution is 8.00. The van der Waals surface area contributed by atoms with Gasteiger partial charge in [0.05, 0.1) is 30.8 Å². The average molecular weight is 396 g/mol. The minimum Gasteiger partial charge on any atom is -0.467 e. The van der Waals surface area contributed by atoms with Gasteiger partial charge in [-0.15, -0.1) is 11.8 Å². The molecule has 142 valence electrons. The zero-order valence-corrected chi connectivity index (χ0v) is 15.7. The van der Waals surface area contributed by atoms with Gasteiger partial charge in [0.2, 0.25) is 5.91 Å². The Bertz CT molecular complexity index is 1020. The maximum Gasteiger partial charge on any atom is 0.251 e. The van der Waals surface area contributed by atoms with Crippen molar-refractivity contribution in [2.75, 3.05) is 10.7 Å². The number of carbonyl (C=O) groups is 2. The third-order valence-corrected chi connectivity index (χ3v) is 5.50. The lowest BCUT2D eigenvalue weighted by Gasteiger charge is -2.29. The van der Waals surface area contributed by atoms with Crippen molar-refractivity contribution in [1.29, 1.82) is 0 Å². The Balaban J connectivity index is 1.58. The van der Waals surface area contributed by atoms with Crippen molar-refractivity contribution in [2.45, 2.75) is 18.0 Å². The van der Waals surface area contributed by atoms with E-state index in [-0.39, 0.29) is 36.5 Å². The first kappa shape index (κ1) is 18.3. The van der Waals surface area contributed by atoms with E-state index in [4.69, 9.17) is 4.42 Å². The topological polar surface area (TPSA) is 62.6 Å². The molecule has 0 saturated heterocycles. The van der Waals surface area contributed by atoms with Gasteiger partial charge in [-0.25, -0.2) is 4.39 Å². The molecule has 1 aliphatic rings. The summed E-state index contributed by atoms with van der Waals surface area (Å²) in [4.78, 5) is 27.4. The molecule has 0 saturated carbocycles. The van der Waals surface area contributed by atoms with E-state index >= 15 is 0 Å². The summed E-state index contributed by atoms with van der Waals surface area (Å²) in [5.41, 5.74) is 1.48. The maximum absolute atomic E-state index is 14.1. The molecule has 4 rings (SSSR count). The lowest BCUT2D eigenvalue weighted by Crippen LogP contribution is -2.35. The molecule has 5 nitrogen and oxygen atoms in total. The second-order valence-electron chi connectivity index (χ2n) is 6.30. The van der Waals surface area contributed by atoms with E-state index in [0.717, 1.165) is 4.90 Å². The number of furan rings is 1. The fourth-order valence-electron chi connectivity index (χ4n) is 3.00. The van der Waals surface area contributed by atoms with Gasteiger partial charge in [-0.1, -0.05) is 18.2 Å². The minimum absolute atomic E-state index is 0.117. The highest BCUT2D eigenvalue weighted by atomic mass is 32.2. The number of rotatable bonds is 5. The Morgan fingerprint density at radius 3 is 2.82 bits per heavy atom.